The molecule has 0 aliphatic carbocycles. The van der Waals surface area contributed by atoms with E-state index in [1.54, 1.807) is 0 Å². The van der Waals surface area contributed by atoms with Crippen LogP contribution in [-0.2, 0) is 4.79 Å². The molecule has 2 aliphatic rings. The van der Waals surface area contributed by atoms with Crippen LogP contribution in [0.25, 0.3) is 0 Å². The highest BCUT2D eigenvalue weighted by Crippen LogP contribution is 2.25. The zero-order chi connectivity index (χ0) is 13.2. The van der Waals surface area contributed by atoms with Crippen LogP contribution in [0.1, 0.15) is 26.2 Å². The molecule has 0 aromatic heterocycles. The molecule has 4 nitrogen and oxygen atoms in total. The number of piperidine rings is 1. The Morgan fingerprint density at radius 3 is 2.61 bits per heavy atom. The van der Waals surface area contributed by atoms with Crippen LogP contribution < -0.4 is 10.6 Å². The molecule has 18 heavy (non-hydrogen) atoms. The molecule has 0 aromatic rings. The first kappa shape index (κ1) is 13.7. The summed E-state index contributed by atoms with van der Waals surface area (Å²) in [5.41, 5.74) is 0. The lowest BCUT2D eigenvalue weighted by atomic mass is 10.0. The highest BCUT2D eigenvalue weighted by atomic mass is 19.3. The number of amides is 1. The zero-order valence-electron chi connectivity index (χ0n) is 10.7. The van der Waals surface area contributed by atoms with E-state index in [-0.39, 0.29) is 24.9 Å². The Hall–Kier alpha value is -0.750. The molecule has 0 radical (unpaired) electrons. The largest absolute Gasteiger partial charge is 0.352 e. The normalized spacial score (nSPS) is 29.4. The highest BCUT2D eigenvalue weighted by Gasteiger charge is 2.42. The minimum absolute atomic E-state index is 0.135. The molecule has 0 aromatic carbocycles. The van der Waals surface area contributed by atoms with Gasteiger partial charge in [0.05, 0.1) is 12.6 Å². The van der Waals surface area contributed by atoms with Crippen LogP contribution in [0, 0.1) is 0 Å². The van der Waals surface area contributed by atoms with Crippen molar-refractivity contribution in [3.63, 3.8) is 0 Å². The van der Waals surface area contributed by atoms with E-state index in [0.717, 1.165) is 32.5 Å². The van der Waals surface area contributed by atoms with Crippen molar-refractivity contribution in [1.82, 2.24) is 15.5 Å². The first-order chi connectivity index (χ1) is 8.50. The van der Waals surface area contributed by atoms with Gasteiger partial charge >= 0.3 is 0 Å². The standard InChI is InChI=1S/C12H21F2N3O/c1-2-17-5-3-9(4-6-17)16-11(18)10-7-12(13,14)8-15-10/h9-10,15H,2-8H2,1H3,(H,16,18). The molecule has 1 atom stereocenters. The Labute approximate surface area is 106 Å². The summed E-state index contributed by atoms with van der Waals surface area (Å²) in [7, 11) is 0. The van der Waals surface area contributed by atoms with Crippen molar-refractivity contribution < 1.29 is 13.6 Å². The van der Waals surface area contributed by atoms with E-state index in [1.807, 2.05) is 0 Å². The van der Waals surface area contributed by atoms with Gasteiger partial charge in [0.25, 0.3) is 5.92 Å². The first-order valence-electron chi connectivity index (χ1n) is 6.64. The smallest absolute Gasteiger partial charge is 0.262 e. The molecule has 2 fully saturated rings. The summed E-state index contributed by atoms with van der Waals surface area (Å²) in [6.07, 6.45) is 1.43. The van der Waals surface area contributed by atoms with E-state index in [0.29, 0.717) is 0 Å². The van der Waals surface area contributed by atoms with Crippen molar-refractivity contribution >= 4 is 5.91 Å². The van der Waals surface area contributed by atoms with Gasteiger partial charge in [0.15, 0.2) is 0 Å². The quantitative estimate of drug-likeness (QED) is 0.781. The molecule has 0 saturated carbocycles. The molecular formula is C12H21F2N3O. The van der Waals surface area contributed by atoms with Crippen LogP contribution in [0.15, 0.2) is 0 Å². The maximum absolute atomic E-state index is 13.0. The predicted octanol–water partition coefficient (Wildman–Crippen LogP) is 0.584. The number of carbonyl (C=O) groups excluding carboxylic acids is 1. The summed E-state index contributed by atoms with van der Waals surface area (Å²) < 4.78 is 26.0. The molecule has 104 valence electrons. The Balaban J connectivity index is 1.75. The number of alkyl halides is 2. The summed E-state index contributed by atoms with van der Waals surface area (Å²) in [6, 6.07) is -0.597. The summed E-state index contributed by atoms with van der Waals surface area (Å²) in [4.78, 5) is 14.2. The second kappa shape index (κ2) is 5.48. The minimum atomic E-state index is -2.74. The average molecular weight is 261 g/mol. The Kier molecular flexibility index (Phi) is 4.17. The van der Waals surface area contributed by atoms with Gasteiger partial charge in [-0.15, -0.1) is 0 Å². The number of nitrogens with zero attached hydrogens (tertiary/aromatic N) is 1. The van der Waals surface area contributed by atoms with E-state index in [4.69, 9.17) is 0 Å². The number of hydrogen-bond donors (Lipinski definition) is 2. The fourth-order valence-electron chi connectivity index (χ4n) is 2.60. The molecule has 1 unspecified atom stereocenters. The average Bonchev–Trinajstić information content (AvgIpc) is 2.71. The van der Waals surface area contributed by atoms with Crippen LogP contribution in [0.2, 0.25) is 0 Å². The third-order valence-electron chi connectivity index (χ3n) is 3.81. The topological polar surface area (TPSA) is 44.4 Å². The molecule has 0 spiro atoms. The third-order valence-corrected chi connectivity index (χ3v) is 3.81. The van der Waals surface area contributed by atoms with Crippen molar-refractivity contribution in [2.75, 3.05) is 26.2 Å². The fraction of sp³-hybridized carbons (Fsp3) is 0.917. The Morgan fingerprint density at radius 2 is 2.11 bits per heavy atom. The van der Waals surface area contributed by atoms with Gasteiger partial charge in [-0.25, -0.2) is 8.78 Å². The molecule has 1 amide bonds. The highest BCUT2D eigenvalue weighted by molar-refractivity contribution is 5.82. The van der Waals surface area contributed by atoms with Gasteiger partial charge in [0.1, 0.15) is 0 Å². The van der Waals surface area contributed by atoms with Crippen LogP contribution >= 0.6 is 0 Å². The molecule has 2 heterocycles. The predicted molar refractivity (Wildman–Crippen MR) is 64.6 cm³/mol. The first-order valence-corrected chi connectivity index (χ1v) is 6.64. The zero-order valence-corrected chi connectivity index (χ0v) is 10.7. The van der Waals surface area contributed by atoms with Crippen molar-refractivity contribution in [3.8, 4) is 0 Å². The van der Waals surface area contributed by atoms with E-state index < -0.39 is 12.0 Å². The number of rotatable bonds is 3. The SMILES string of the molecule is CCN1CCC(NC(=O)C2CC(F)(F)CN2)CC1. The van der Waals surface area contributed by atoms with Crippen LogP contribution in [0.4, 0.5) is 8.78 Å². The molecule has 2 aliphatic heterocycles. The second-order valence-corrected chi connectivity index (χ2v) is 5.21. The number of nitrogens with one attached hydrogen (secondary N) is 2. The fourth-order valence-corrected chi connectivity index (χ4v) is 2.60. The number of hydrogen-bond acceptors (Lipinski definition) is 3. The number of likely N-dealkylation sites (tertiary alicyclic amines) is 1. The third kappa shape index (κ3) is 3.38. The van der Waals surface area contributed by atoms with Gasteiger partial charge in [-0.3, -0.25) is 10.1 Å². The van der Waals surface area contributed by atoms with Gasteiger partial charge in [0, 0.05) is 25.6 Å². The summed E-state index contributed by atoms with van der Waals surface area (Å²) in [6.45, 7) is 4.69. The lowest BCUT2D eigenvalue weighted by molar-refractivity contribution is -0.124. The van der Waals surface area contributed by atoms with E-state index in [2.05, 4.69) is 22.5 Å². The molecule has 0 bridgehead atoms. The maximum Gasteiger partial charge on any atom is 0.262 e. The maximum atomic E-state index is 13.0. The van der Waals surface area contributed by atoms with Gasteiger partial charge < -0.3 is 10.2 Å². The monoisotopic (exact) mass is 261 g/mol. The minimum Gasteiger partial charge on any atom is -0.352 e. The van der Waals surface area contributed by atoms with Crippen LogP contribution in [0.3, 0.4) is 0 Å². The summed E-state index contributed by atoms with van der Waals surface area (Å²) in [5.74, 6) is -3.02. The van der Waals surface area contributed by atoms with Gasteiger partial charge in [-0.05, 0) is 19.4 Å². The Morgan fingerprint density at radius 1 is 1.44 bits per heavy atom. The van der Waals surface area contributed by atoms with Gasteiger partial charge in [-0.2, -0.15) is 0 Å². The second-order valence-electron chi connectivity index (χ2n) is 5.21. The molecular weight excluding hydrogens is 240 g/mol. The van der Waals surface area contributed by atoms with E-state index in [9.17, 15) is 13.6 Å². The molecule has 2 saturated heterocycles. The van der Waals surface area contributed by atoms with Crippen molar-refractivity contribution in [2.24, 2.45) is 0 Å². The number of halogens is 2. The molecule has 2 rings (SSSR count). The van der Waals surface area contributed by atoms with E-state index in [1.165, 1.54) is 0 Å². The molecule has 6 heteroatoms. The van der Waals surface area contributed by atoms with Gasteiger partial charge in [-0.1, -0.05) is 6.92 Å². The van der Waals surface area contributed by atoms with Gasteiger partial charge in [0.2, 0.25) is 5.91 Å². The van der Waals surface area contributed by atoms with Crippen molar-refractivity contribution in [2.45, 2.75) is 44.2 Å². The lowest BCUT2D eigenvalue weighted by Crippen LogP contribution is -2.49. The van der Waals surface area contributed by atoms with Crippen molar-refractivity contribution in [3.05, 3.63) is 0 Å². The summed E-state index contributed by atoms with van der Waals surface area (Å²) >= 11 is 0. The van der Waals surface area contributed by atoms with Crippen LogP contribution in [-0.4, -0.2) is 55.0 Å². The Bertz CT molecular complexity index is 304. The summed E-state index contributed by atoms with van der Waals surface area (Å²) in [5, 5.41) is 5.47. The van der Waals surface area contributed by atoms with Crippen LogP contribution in [0.5, 0.6) is 0 Å². The van der Waals surface area contributed by atoms with Crippen molar-refractivity contribution in [1.29, 1.82) is 0 Å². The lowest BCUT2D eigenvalue weighted by Gasteiger charge is -2.32. The number of carbonyl (C=O) groups is 1. The molecule has 2 N–H and O–H groups in total. The van der Waals surface area contributed by atoms with E-state index >= 15 is 0 Å².